The Balaban J connectivity index is 1.48. The number of fused-ring (bicyclic) bond motifs is 3. The Kier molecular flexibility index (Phi) is 3.90. The van der Waals surface area contributed by atoms with Gasteiger partial charge in [-0.25, -0.2) is 4.39 Å². The second-order valence-electron chi connectivity index (χ2n) is 9.23. The molecule has 6 rings (SSSR count). The number of aromatic nitrogens is 3. The lowest BCUT2D eigenvalue weighted by Gasteiger charge is -2.21. The van der Waals surface area contributed by atoms with Crippen LogP contribution in [0.2, 0.25) is 0 Å². The fourth-order valence-electron chi connectivity index (χ4n) is 5.08. The van der Waals surface area contributed by atoms with Crippen molar-refractivity contribution in [3.8, 4) is 22.9 Å². The van der Waals surface area contributed by atoms with E-state index in [1.807, 2.05) is 19.9 Å². The number of halogens is 1. The van der Waals surface area contributed by atoms with Crippen LogP contribution >= 0.6 is 0 Å². The molecule has 158 valence electrons. The third kappa shape index (κ3) is 2.98. The van der Waals surface area contributed by atoms with Crippen LogP contribution in [0.4, 0.5) is 10.2 Å². The Morgan fingerprint density at radius 2 is 2.00 bits per heavy atom. The second-order valence-corrected chi connectivity index (χ2v) is 9.23. The Bertz CT molecular complexity index is 1220. The lowest BCUT2D eigenvalue weighted by atomic mass is 10.0. The van der Waals surface area contributed by atoms with E-state index in [9.17, 15) is 4.39 Å². The molecule has 1 aromatic carbocycles. The Labute approximate surface area is 180 Å². The summed E-state index contributed by atoms with van der Waals surface area (Å²) in [5, 5.41) is 0. The maximum atomic E-state index is 14.3. The summed E-state index contributed by atoms with van der Waals surface area (Å²) in [6, 6.07) is 5.51. The first-order chi connectivity index (χ1) is 14.9. The first kappa shape index (κ1) is 18.7. The van der Waals surface area contributed by atoms with E-state index in [0.717, 1.165) is 65.3 Å². The third-order valence-corrected chi connectivity index (χ3v) is 6.96. The largest absolute Gasteiger partial charge is 0.423 e. The van der Waals surface area contributed by atoms with Crippen molar-refractivity contribution in [1.29, 1.82) is 0 Å². The van der Waals surface area contributed by atoms with Gasteiger partial charge in [0.05, 0.1) is 11.9 Å². The summed E-state index contributed by atoms with van der Waals surface area (Å²) in [6.45, 7) is 5.51. The number of hydrogen-bond donors (Lipinski definition) is 1. The van der Waals surface area contributed by atoms with Crippen LogP contribution in [0.1, 0.15) is 35.2 Å². The van der Waals surface area contributed by atoms with Gasteiger partial charge in [-0.1, -0.05) is 0 Å². The van der Waals surface area contributed by atoms with Crippen molar-refractivity contribution in [3.05, 3.63) is 58.8 Å². The molecule has 1 atom stereocenters. The molecule has 2 aromatic heterocycles. The zero-order chi connectivity index (χ0) is 21.3. The highest BCUT2D eigenvalue weighted by Gasteiger charge is 2.54. The van der Waals surface area contributed by atoms with E-state index in [0.29, 0.717) is 12.2 Å². The highest BCUT2D eigenvalue weighted by atomic mass is 19.1. The molecular formula is C24H24FN5O. The van der Waals surface area contributed by atoms with E-state index in [2.05, 4.69) is 9.88 Å². The highest BCUT2D eigenvalue weighted by Crippen LogP contribution is 2.54. The van der Waals surface area contributed by atoms with Gasteiger partial charge >= 0.3 is 6.01 Å². The van der Waals surface area contributed by atoms with Gasteiger partial charge in [0, 0.05) is 42.7 Å². The summed E-state index contributed by atoms with van der Waals surface area (Å²) in [4.78, 5) is 16.0. The normalized spacial score (nSPS) is 20.1. The number of pyridine rings is 1. The van der Waals surface area contributed by atoms with E-state index in [-0.39, 0.29) is 23.3 Å². The number of hydrogen-bond acceptors (Lipinski definition) is 6. The third-order valence-electron chi connectivity index (χ3n) is 6.96. The van der Waals surface area contributed by atoms with Gasteiger partial charge in [-0.2, -0.15) is 9.97 Å². The van der Waals surface area contributed by atoms with Gasteiger partial charge in [0.2, 0.25) is 0 Å². The lowest BCUT2D eigenvalue weighted by molar-refractivity contribution is 0.438. The Morgan fingerprint density at radius 1 is 1.16 bits per heavy atom. The average Bonchev–Trinajstić information content (AvgIpc) is 3.30. The lowest BCUT2D eigenvalue weighted by Crippen LogP contribution is -2.30. The average molecular weight is 417 g/mol. The fraction of sp³-hybridized carbons (Fsp3) is 0.375. The maximum Gasteiger partial charge on any atom is 0.324 e. The monoisotopic (exact) mass is 417 g/mol. The molecule has 0 bridgehead atoms. The Morgan fingerprint density at radius 3 is 2.74 bits per heavy atom. The molecule has 3 heterocycles. The molecule has 1 saturated heterocycles. The summed E-state index contributed by atoms with van der Waals surface area (Å²) < 4.78 is 20.3. The smallest absolute Gasteiger partial charge is 0.324 e. The molecule has 3 aliphatic rings. The first-order valence-electron chi connectivity index (χ1n) is 10.7. The van der Waals surface area contributed by atoms with Crippen molar-refractivity contribution in [1.82, 2.24) is 15.0 Å². The quantitative estimate of drug-likeness (QED) is 0.545. The van der Waals surface area contributed by atoms with Gasteiger partial charge < -0.3 is 15.4 Å². The molecule has 3 aromatic rings. The van der Waals surface area contributed by atoms with E-state index >= 15 is 0 Å². The van der Waals surface area contributed by atoms with Crippen LogP contribution in [-0.4, -0.2) is 34.1 Å². The number of aryl methyl sites for hydroxylation is 2. The minimum Gasteiger partial charge on any atom is -0.423 e. The minimum absolute atomic E-state index is 0.124. The SMILES string of the molecule is Cc1cncc(Oc2nc3c(c(N4C[C@H](N)C5(CC5)C4)n2)-c2cc(F)cc(C)c2C3)c1. The number of anilines is 1. The molecule has 2 aliphatic carbocycles. The van der Waals surface area contributed by atoms with Crippen LogP contribution in [-0.2, 0) is 6.42 Å². The molecule has 1 spiro atoms. The van der Waals surface area contributed by atoms with E-state index < -0.39 is 0 Å². The molecule has 1 saturated carbocycles. The molecule has 1 aliphatic heterocycles. The van der Waals surface area contributed by atoms with E-state index in [4.69, 9.17) is 20.4 Å². The van der Waals surface area contributed by atoms with Gasteiger partial charge in [0.15, 0.2) is 0 Å². The Hall–Kier alpha value is -3.06. The zero-order valence-corrected chi connectivity index (χ0v) is 17.7. The molecule has 2 N–H and O–H groups in total. The molecule has 0 amide bonds. The molecule has 31 heavy (non-hydrogen) atoms. The van der Waals surface area contributed by atoms with Gasteiger partial charge in [-0.05, 0) is 67.1 Å². The molecule has 6 nitrogen and oxygen atoms in total. The molecular weight excluding hydrogens is 393 g/mol. The molecule has 0 unspecified atom stereocenters. The number of nitrogens with zero attached hydrogens (tertiary/aromatic N) is 4. The van der Waals surface area contributed by atoms with Gasteiger partial charge in [0.1, 0.15) is 17.4 Å². The summed E-state index contributed by atoms with van der Waals surface area (Å²) in [5.41, 5.74) is 12.4. The molecule has 0 radical (unpaired) electrons. The topological polar surface area (TPSA) is 77.2 Å². The zero-order valence-electron chi connectivity index (χ0n) is 17.7. The van der Waals surface area contributed by atoms with Crippen LogP contribution in [0.3, 0.4) is 0 Å². The minimum atomic E-state index is -0.238. The fourth-order valence-corrected chi connectivity index (χ4v) is 5.08. The standard InChI is InChI=1S/C24H24FN5O/c1-13-5-16(10-27-9-13)31-23-28-19-8-17-14(2)6-15(25)7-18(17)21(19)22(29-23)30-11-20(26)24(12-30)3-4-24/h5-7,9-10,20H,3-4,8,11-12,26H2,1-2H3/t20-/m0/s1. The van der Waals surface area contributed by atoms with Crippen LogP contribution in [0.15, 0.2) is 30.6 Å². The van der Waals surface area contributed by atoms with Crippen molar-refractivity contribution in [3.63, 3.8) is 0 Å². The van der Waals surface area contributed by atoms with Crippen LogP contribution in [0, 0.1) is 25.1 Å². The predicted molar refractivity (Wildman–Crippen MR) is 116 cm³/mol. The number of benzene rings is 1. The van der Waals surface area contributed by atoms with Crippen LogP contribution in [0.5, 0.6) is 11.8 Å². The second kappa shape index (κ2) is 6.47. The number of rotatable bonds is 3. The summed E-state index contributed by atoms with van der Waals surface area (Å²) >= 11 is 0. The molecule has 2 fully saturated rings. The summed E-state index contributed by atoms with van der Waals surface area (Å²) in [7, 11) is 0. The number of ether oxygens (including phenoxy) is 1. The first-order valence-corrected chi connectivity index (χ1v) is 10.7. The van der Waals surface area contributed by atoms with Crippen molar-refractivity contribution in [2.75, 3.05) is 18.0 Å². The maximum absolute atomic E-state index is 14.3. The van der Waals surface area contributed by atoms with Gasteiger partial charge in [-0.15, -0.1) is 0 Å². The summed E-state index contributed by atoms with van der Waals surface area (Å²) in [5.74, 6) is 1.15. The van der Waals surface area contributed by atoms with Crippen molar-refractivity contribution >= 4 is 5.82 Å². The van der Waals surface area contributed by atoms with Gasteiger partial charge in [-0.3, -0.25) is 4.98 Å². The van der Waals surface area contributed by atoms with E-state index in [1.165, 1.54) is 0 Å². The van der Waals surface area contributed by atoms with Crippen LogP contribution in [0.25, 0.3) is 11.1 Å². The predicted octanol–water partition coefficient (Wildman–Crippen LogP) is 3.92. The van der Waals surface area contributed by atoms with Crippen molar-refractivity contribution < 1.29 is 9.13 Å². The van der Waals surface area contributed by atoms with Gasteiger partial charge in [0.25, 0.3) is 0 Å². The highest BCUT2D eigenvalue weighted by molar-refractivity contribution is 5.85. The number of nitrogens with two attached hydrogens (primary N) is 1. The molecule has 7 heteroatoms. The van der Waals surface area contributed by atoms with Crippen molar-refractivity contribution in [2.45, 2.75) is 39.2 Å². The van der Waals surface area contributed by atoms with E-state index in [1.54, 1.807) is 24.5 Å². The summed E-state index contributed by atoms with van der Waals surface area (Å²) in [6.07, 6.45) is 6.37. The van der Waals surface area contributed by atoms with Crippen LogP contribution < -0.4 is 15.4 Å². The van der Waals surface area contributed by atoms with Crippen molar-refractivity contribution in [2.24, 2.45) is 11.1 Å².